The van der Waals surface area contributed by atoms with Crippen molar-refractivity contribution in [3.63, 3.8) is 0 Å². The topological polar surface area (TPSA) is 67.5 Å². The predicted molar refractivity (Wildman–Crippen MR) is 90.5 cm³/mol. The van der Waals surface area contributed by atoms with Crippen LogP contribution in [0.3, 0.4) is 0 Å². The molecule has 4 nitrogen and oxygen atoms in total. The van der Waals surface area contributed by atoms with Gasteiger partial charge in [-0.3, -0.25) is 9.59 Å². The Labute approximate surface area is 142 Å². The molecular weight excluding hydrogens is 304 g/mol. The second-order valence-electron chi connectivity index (χ2n) is 7.67. The molecule has 0 saturated heterocycles. The van der Waals surface area contributed by atoms with Gasteiger partial charge in [-0.25, -0.2) is 0 Å². The van der Waals surface area contributed by atoms with Crippen molar-refractivity contribution in [1.29, 1.82) is 0 Å². The molecule has 4 heteroatoms. The highest BCUT2D eigenvalue weighted by atomic mass is 16.3. The van der Waals surface area contributed by atoms with E-state index in [-0.39, 0.29) is 17.3 Å². The first-order valence-electron chi connectivity index (χ1n) is 8.43. The lowest BCUT2D eigenvalue weighted by Gasteiger charge is -2.49. The summed E-state index contributed by atoms with van der Waals surface area (Å²) in [5.74, 6) is -0.476. The van der Waals surface area contributed by atoms with Gasteiger partial charge in [0.25, 0.3) is 0 Å². The first-order valence-corrected chi connectivity index (χ1v) is 8.43. The van der Waals surface area contributed by atoms with E-state index < -0.39 is 10.8 Å². The summed E-state index contributed by atoms with van der Waals surface area (Å²) in [5.41, 5.74) is 2.09. The van der Waals surface area contributed by atoms with E-state index in [0.717, 1.165) is 17.6 Å². The molecule has 0 aliphatic heterocycles. The van der Waals surface area contributed by atoms with Gasteiger partial charge in [-0.1, -0.05) is 12.5 Å². The summed E-state index contributed by atoms with van der Waals surface area (Å²) in [6.45, 7) is 7.49. The monoisotopic (exact) mass is 328 g/mol. The number of furan rings is 1. The number of carbonyl (C=O) groups excluding carboxylic acids is 2. The number of fused-ring (bicyclic) bond motifs is 1. The molecule has 1 heterocycles. The molecule has 128 valence electrons. The summed E-state index contributed by atoms with van der Waals surface area (Å²) in [7, 11) is 0. The molecule has 2 aliphatic carbocycles. The van der Waals surface area contributed by atoms with Crippen LogP contribution < -0.4 is 0 Å². The normalized spacial score (nSPS) is 26.8. The Morgan fingerprint density at radius 2 is 1.92 bits per heavy atom. The summed E-state index contributed by atoms with van der Waals surface area (Å²) in [4.78, 5) is 25.0. The second kappa shape index (κ2) is 5.47. The zero-order valence-electron chi connectivity index (χ0n) is 14.7. The Balaban J connectivity index is 2.06. The van der Waals surface area contributed by atoms with E-state index >= 15 is 0 Å². The van der Waals surface area contributed by atoms with E-state index in [9.17, 15) is 14.7 Å². The van der Waals surface area contributed by atoms with Crippen molar-refractivity contribution < 1.29 is 19.1 Å². The Morgan fingerprint density at radius 1 is 1.21 bits per heavy atom. The number of ketones is 2. The van der Waals surface area contributed by atoms with Crippen LogP contribution in [0.4, 0.5) is 0 Å². The maximum atomic E-state index is 12.6. The van der Waals surface area contributed by atoms with Gasteiger partial charge in [-0.2, -0.15) is 0 Å². The maximum Gasteiger partial charge on any atom is 0.223 e. The van der Waals surface area contributed by atoms with Crippen molar-refractivity contribution in [2.45, 2.75) is 53.4 Å². The van der Waals surface area contributed by atoms with Gasteiger partial charge in [0.05, 0.1) is 12.5 Å². The van der Waals surface area contributed by atoms with Crippen molar-refractivity contribution in [3.8, 4) is 0 Å². The van der Waals surface area contributed by atoms with Crippen LogP contribution in [0.25, 0.3) is 0 Å². The van der Waals surface area contributed by atoms with Gasteiger partial charge in [0.15, 0.2) is 5.76 Å². The minimum Gasteiger partial charge on any atom is -0.504 e. The lowest BCUT2D eigenvalue weighted by molar-refractivity contribution is -0.128. The number of rotatable bonds is 3. The fourth-order valence-electron chi connectivity index (χ4n) is 4.50. The molecule has 3 rings (SSSR count). The van der Waals surface area contributed by atoms with Gasteiger partial charge in [0.1, 0.15) is 5.78 Å². The number of Topliss-reactive ketones (excluding diaryl/α,β-unsaturated/α-hetero) is 2. The molecule has 0 amide bonds. The predicted octanol–water partition coefficient (Wildman–Crippen LogP) is 4.32. The van der Waals surface area contributed by atoms with Crippen molar-refractivity contribution >= 4 is 11.6 Å². The van der Waals surface area contributed by atoms with Gasteiger partial charge in [-0.15, -0.1) is 0 Å². The van der Waals surface area contributed by atoms with Gasteiger partial charge in [0, 0.05) is 22.8 Å². The molecule has 0 unspecified atom stereocenters. The molecule has 0 radical (unpaired) electrons. The highest BCUT2D eigenvalue weighted by Gasteiger charge is 2.53. The standard InChI is InChI=1S/C20H24O4/c1-12-14(6-5-13-8-10-24-11-13)20(4)9-7-15(21)19(2,3)18(20)17(23)16(12)22/h8,10-11,23H,5-7,9H2,1-4H3/t20-/m1/s1. The Kier molecular flexibility index (Phi) is 3.82. The third kappa shape index (κ3) is 2.27. The fraction of sp³-hybridized carbons (Fsp3) is 0.500. The first-order chi connectivity index (χ1) is 11.2. The minimum absolute atomic E-state index is 0.0862. The number of aryl methyl sites for hydroxylation is 1. The Hall–Kier alpha value is -2.10. The molecule has 0 bridgehead atoms. The molecule has 1 aromatic heterocycles. The van der Waals surface area contributed by atoms with Crippen molar-refractivity contribution in [2.75, 3.05) is 0 Å². The van der Waals surface area contributed by atoms with Crippen molar-refractivity contribution in [1.82, 2.24) is 0 Å². The Bertz CT molecular complexity index is 762. The largest absolute Gasteiger partial charge is 0.504 e. The van der Waals surface area contributed by atoms with Crippen LogP contribution in [0.5, 0.6) is 0 Å². The quantitative estimate of drug-likeness (QED) is 0.897. The van der Waals surface area contributed by atoms with E-state index in [1.54, 1.807) is 19.5 Å². The van der Waals surface area contributed by atoms with Gasteiger partial charge >= 0.3 is 0 Å². The molecule has 0 spiro atoms. The van der Waals surface area contributed by atoms with Crippen molar-refractivity contribution in [2.24, 2.45) is 10.8 Å². The van der Waals surface area contributed by atoms with Crippen LogP contribution in [-0.4, -0.2) is 16.7 Å². The number of aliphatic hydroxyl groups is 1. The summed E-state index contributed by atoms with van der Waals surface area (Å²) < 4.78 is 5.12. The number of carbonyl (C=O) groups is 2. The average Bonchev–Trinajstić information content (AvgIpc) is 3.02. The van der Waals surface area contributed by atoms with Gasteiger partial charge < -0.3 is 9.52 Å². The molecule has 1 atom stereocenters. The number of hydrogen-bond acceptors (Lipinski definition) is 4. The molecular formula is C20H24O4. The lowest BCUT2D eigenvalue weighted by Crippen LogP contribution is -2.46. The Morgan fingerprint density at radius 3 is 2.54 bits per heavy atom. The van der Waals surface area contributed by atoms with Crippen LogP contribution in [-0.2, 0) is 16.0 Å². The zero-order valence-corrected chi connectivity index (χ0v) is 14.7. The number of allylic oxidation sites excluding steroid dienone is 3. The molecule has 2 aliphatic rings. The zero-order chi connectivity index (χ0) is 17.7. The summed E-state index contributed by atoms with van der Waals surface area (Å²) in [5, 5.41) is 10.6. The minimum atomic E-state index is -0.811. The summed E-state index contributed by atoms with van der Waals surface area (Å²) in [6.07, 6.45) is 5.95. The molecule has 24 heavy (non-hydrogen) atoms. The first kappa shape index (κ1) is 16.7. The molecule has 0 aromatic carbocycles. The van der Waals surface area contributed by atoms with E-state index in [1.807, 2.05) is 19.9 Å². The van der Waals surface area contributed by atoms with Gasteiger partial charge in [-0.05, 0) is 57.2 Å². The fourth-order valence-corrected chi connectivity index (χ4v) is 4.50. The second-order valence-corrected chi connectivity index (χ2v) is 7.67. The number of hydrogen-bond donors (Lipinski definition) is 1. The smallest absolute Gasteiger partial charge is 0.223 e. The molecule has 1 N–H and O–H groups in total. The maximum absolute atomic E-state index is 12.6. The van der Waals surface area contributed by atoms with Crippen molar-refractivity contribution in [3.05, 3.63) is 46.6 Å². The SMILES string of the molecule is CC1=C(CCc2ccoc2)[C@@]2(C)CCC(=O)C(C)(C)C2=C(O)C1=O. The summed E-state index contributed by atoms with van der Waals surface area (Å²) >= 11 is 0. The lowest BCUT2D eigenvalue weighted by atomic mass is 9.53. The van der Waals surface area contributed by atoms with Crippen LogP contribution in [0.2, 0.25) is 0 Å². The highest BCUT2D eigenvalue weighted by molar-refractivity contribution is 6.10. The highest BCUT2D eigenvalue weighted by Crippen LogP contribution is 2.57. The van der Waals surface area contributed by atoms with Crippen LogP contribution in [0.1, 0.15) is 52.5 Å². The van der Waals surface area contributed by atoms with Crippen LogP contribution >= 0.6 is 0 Å². The molecule has 1 saturated carbocycles. The van der Waals surface area contributed by atoms with Crippen LogP contribution in [0.15, 0.2) is 45.5 Å². The van der Waals surface area contributed by atoms with E-state index in [2.05, 4.69) is 6.92 Å². The third-order valence-corrected chi connectivity index (χ3v) is 5.88. The number of aliphatic hydroxyl groups excluding tert-OH is 1. The third-order valence-electron chi connectivity index (χ3n) is 5.88. The van der Waals surface area contributed by atoms with E-state index in [1.165, 1.54) is 0 Å². The average molecular weight is 328 g/mol. The summed E-state index contributed by atoms with van der Waals surface area (Å²) in [6, 6.07) is 1.92. The molecule has 1 fully saturated rings. The molecule has 1 aromatic rings. The van der Waals surface area contributed by atoms with Crippen LogP contribution in [0, 0.1) is 10.8 Å². The van der Waals surface area contributed by atoms with E-state index in [0.29, 0.717) is 30.4 Å². The van der Waals surface area contributed by atoms with E-state index in [4.69, 9.17) is 4.42 Å². The van der Waals surface area contributed by atoms with Gasteiger partial charge in [0.2, 0.25) is 5.78 Å².